The summed E-state index contributed by atoms with van der Waals surface area (Å²) in [5.74, 6) is 0. The minimum Gasteiger partial charge on any atom is -0.624 e. The molecule has 7 heteroatoms. The fourth-order valence-electron chi connectivity index (χ4n) is 2.18. The van der Waals surface area contributed by atoms with Gasteiger partial charge in [-0.05, 0) is 12.8 Å². The minimum absolute atomic E-state index is 0.0815. The molecule has 0 spiro atoms. The van der Waals surface area contributed by atoms with Crippen LogP contribution in [0.1, 0.15) is 37.7 Å². The van der Waals surface area contributed by atoms with Crippen molar-refractivity contribution in [2.45, 2.75) is 43.0 Å². The van der Waals surface area contributed by atoms with Gasteiger partial charge in [-0.2, -0.15) is 8.42 Å². The third-order valence-corrected chi connectivity index (χ3v) is 4.02. The molecule has 18 heavy (non-hydrogen) atoms. The Bertz CT molecular complexity index is 540. The number of furan rings is 1. The Morgan fingerprint density at radius 3 is 2.61 bits per heavy atom. The second kappa shape index (κ2) is 5.11. The summed E-state index contributed by atoms with van der Waals surface area (Å²) in [6, 6.07) is -0.122. The van der Waals surface area contributed by atoms with E-state index in [0.717, 1.165) is 49.4 Å². The predicted octanol–water partition coefficient (Wildman–Crippen LogP) is 1.79. The molecule has 0 aromatic carbocycles. The second-order valence-corrected chi connectivity index (χ2v) is 5.84. The molecule has 1 fully saturated rings. The van der Waals surface area contributed by atoms with E-state index in [0.29, 0.717) is 0 Å². The summed E-state index contributed by atoms with van der Waals surface area (Å²) in [5, 5.41) is 11.9. The van der Waals surface area contributed by atoms with Crippen LogP contribution in [0.4, 0.5) is 0 Å². The van der Waals surface area contributed by atoms with Crippen molar-refractivity contribution < 1.29 is 22.1 Å². The standard InChI is InChI=1S/C11H15NO5S/c13-12(10-4-2-1-3-5-10)6-9-7-17-8-11(9)18(14,15)16/h6-8,10H,1-5H2,(H,14,15,16). The molecule has 6 nitrogen and oxygen atoms in total. The molecular formula is C11H15NO5S. The van der Waals surface area contributed by atoms with Crippen molar-refractivity contribution in [2.24, 2.45) is 0 Å². The van der Waals surface area contributed by atoms with Crippen LogP contribution < -0.4 is 0 Å². The summed E-state index contributed by atoms with van der Waals surface area (Å²) in [4.78, 5) is -0.376. The van der Waals surface area contributed by atoms with Crippen LogP contribution >= 0.6 is 0 Å². The predicted molar refractivity (Wildman–Crippen MR) is 64.2 cm³/mol. The molecule has 0 unspecified atom stereocenters. The van der Waals surface area contributed by atoms with E-state index in [2.05, 4.69) is 0 Å². The van der Waals surface area contributed by atoms with Crippen LogP contribution in [0.3, 0.4) is 0 Å². The zero-order chi connectivity index (χ0) is 13.2. The SMILES string of the molecule is O=S(=O)(O)c1cocc1C=[N+]([O-])C1CCCCC1. The average molecular weight is 273 g/mol. The fourth-order valence-corrected chi connectivity index (χ4v) is 2.75. The van der Waals surface area contributed by atoms with Gasteiger partial charge in [0.1, 0.15) is 17.4 Å². The Balaban J connectivity index is 2.24. The van der Waals surface area contributed by atoms with E-state index in [9.17, 15) is 13.6 Å². The summed E-state index contributed by atoms with van der Waals surface area (Å²) in [6.45, 7) is 0. The molecule has 1 aliphatic rings. The molecule has 1 N–H and O–H groups in total. The van der Waals surface area contributed by atoms with Crippen molar-refractivity contribution >= 4 is 16.3 Å². The molecule has 1 saturated carbocycles. The maximum atomic E-state index is 11.9. The lowest BCUT2D eigenvalue weighted by Gasteiger charge is -2.20. The summed E-state index contributed by atoms with van der Waals surface area (Å²) in [7, 11) is -4.36. The van der Waals surface area contributed by atoms with Gasteiger partial charge < -0.3 is 9.62 Å². The van der Waals surface area contributed by atoms with E-state index in [1.807, 2.05) is 0 Å². The van der Waals surface area contributed by atoms with Crippen LogP contribution in [0.25, 0.3) is 0 Å². The van der Waals surface area contributed by atoms with Crippen LogP contribution in [0, 0.1) is 5.21 Å². The molecule has 1 heterocycles. The number of nitrogens with zero attached hydrogens (tertiary/aromatic N) is 1. The van der Waals surface area contributed by atoms with E-state index >= 15 is 0 Å². The summed E-state index contributed by atoms with van der Waals surface area (Å²) >= 11 is 0. The normalized spacial score (nSPS) is 19.1. The highest BCUT2D eigenvalue weighted by Gasteiger charge is 2.23. The smallest absolute Gasteiger partial charge is 0.298 e. The van der Waals surface area contributed by atoms with Gasteiger partial charge in [-0.1, -0.05) is 6.42 Å². The Hall–Kier alpha value is -1.34. The minimum atomic E-state index is -4.36. The molecule has 1 aliphatic carbocycles. The third kappa shape index (κ3) is 2.91. The number of hydrogen-bond acceptors (Lipinski definition) is 4. The van der Waals surface area contributed by atoms with Crippen molar-refractivity contribution in [1.29, 1.82) is 0 Å². The van der Waals surface area contributed by atoms with Gasteiger partial charge in [0, 0.05) is 12.8 Å². The Labute approximate surface area is 105 Å². The first kappa shape index (κ1) is 13.1. The first-order chi connectivity index (χ1) is 8.48. The second-order valence-electron chi connectivity index (χ2n) is 4.45. The van der Waals surface area contributed by atoms with Gasteiger partial charge in [0.05, 0.1) is 5.56 Å². The molecule has 0 amide bonds. The molecule has 1 aromatic rings. The summed E-state index contributed by atoms with van der Waals surface area (Å²) in [5.41, 5.74) is 0.0815. The van der Waals surface area contributed by atoms with Crippen molar-refractivity contribution in [3.05, 3.63) is 23.3 Å². The van der Waals surface area contributed by atoms with E-state index in [1.165, 1.54) is 6.21 Å². The number of rotatable bonds is 3. The van der Waals surface area contributed by atoms with Gasteiger partial charge in [0.15, 0.2) is 12.3 Å². The van der Waals surface area contributed by atoms with Gasteiger partial charge >= 0.3 is 0 Å². The van der Waals surface area contributed by atoms with Crippen molar-refractivity contribution in [1.82, 2.24) is 0 Å². The molecule has 1 aromatic heterocycles. The first-order valence-corrected chi connectivity index (χ1v) is 7.26. The molecule has 100 valence electrons. The molecular weight excluding hydrogens is 258 g/mol. The lowest BCUT2D eigenvalue weighted by molar-refractivity contribution is -0.500. The number of hydrogen-bond donors (Lipinski definition) is 1. The van der Waals surface area contributed by atoms with Gasteiger partial charge in [0.2, 0.25) is 0 Å². The molecule has 0 atom stereocenters. The molecule has 0 aliphatic heterocycles. The topological polar surface area (TPSA) is 93.6 Å². The molecule has 0 radical (unpaired) electrons. The molecule has 2 rings (SSSR count). The van der Waals surface area contributed by atoms with Crippen LogP contribution in [-0.2, 0) is 10.1 Å². The van der Waals surface area contributed by atoms with E-state index in [4.69, 9.17) is 8.97 Å². The van der Waals surface area contributed by atoms with E-state index < -0.39 is 10.1 Å². The fraction of sp³-hybridized carbons (Fsp3) is 0.545. The number of hydroxylamine groups is 1. The zero-order valence-electron chi connectivity index (χ0n) is 9.78. The van der Waals surface area contributed by atoms with Crippen LogP contribution in [0.5, 0.6) is 0 Å². The molecule has 0 bridgehead atoms. The highest BCUT2D eigenvalue weighted by molar-refractivity contribution is 7.86. The van der Waals surface area contributed by atoms with E-state index in [1.54, 1.807) is 0 Å². The quantitative estimate of drug-likeness (QED) is 0.298. The summed E-state index contributed by atoms with van der Waals surface area (Å²) < 4.78 is 36.5. The zero-order valence-corrected chi connectivity index (χ0v) is 10.6. The average Bonchev–Trinajstić information content (AvgIpc) is 2.78. The lowest BCUT2D eigenvalue weighted by atomic mass is 9.96. The van der Waals surface area contributed by atoms with Crippen molar-refractivity contribution in [2.75, 3.05) is 0 Å². The van der Waals surface area contributed by atoms with Gasteiger partial charge in [-0.15, -0.1) is 0 Å². The largest absolute Gasteiger partial charge is 0.624 e. The maximum absolute atomic E-state index is 11.9. The molecule has 0 saturated heterocycles. The maximum Gasteiger partial charge on any atom is 0.298 e. The van der Waals surface area contributed by atoms with Crippen LogP contribution in [-0.4, -0.2) is 30.0 Å². The monoisotopic (exact) mass is 273 g/mol. The van der Waals surface area contributed by atoms with Gasteiger partial charge in [0.25, 0.3) is 10.1 Å². The first-order valence-electron chi connectivity index (χ1n) is 5.82. The van der Waals surface area contributed by atoms with Crippen LogP contribution in [0.2, 0.25) is 0 Å². The summed E-state index contributed by atoms with van der Waals surface area (Å²) in [6.07, 6.45) is 7.97. The highest BCUT2D eigenvalue weighted by atomic mass is 32.2. The van der Waals surface area contributed by atoms with E-state index in [-0.39, 0.29) is 16.5 Å². The van der Waals surface area contributed by atoms with Crippen LogP contribution in [0.15, 0.2) is 21.8 Å². The van der Waals surface area contributed by atoms with Crippen molar-refractivity contribution in [3.63, 3.8) is 0 Å². The Morgan fingerprint density at radius 2 is 2.00 bits per heavy atom. The highest BCUT2D eigenvalue weighted by Crippen LogP contribution is 2.20. The van der Waals surface area contributed by atoms with Crippen molar-refractivity contribution in [3.8, 4) is 0 Å². The third-order valence-electron chi connectivity index (χ3n) is 3.13. The Morgan fingerprint density at radius 1 is 1.33 bits per heavy atom. The Kier molecular flexibility index (Phi) is 3.72. The lowest BCUT2D eigenvalue weighted by Crippen LogP contribution is -2.25. The van der Waals surface area contributed by atoms with Gasteiger partial charge in [-0.25, -0.2) is 4.74 Å². The van der Waals surface area contributed by atoms with Gasteiger partial charge in [-0.3, -0.25) is 4.55 Å².